The summed E-state index contributed by atoms with van der Waals surface area (Å²) in [6.45, 7) is 0.765. The number of fused-ring (bicyclic) bond motifs is 1. The third-order valence-corrected chi connectivity index (χ3v) is 7.96. The number of anilines is 4. The first-order valence-corrected chi connectivity index (χ1v) is 13.3. The molecule has 2 aliphatic carbocycles. The van der Waals surface area contributed by atoms with Crippen LogP contribution in [0, 0.1) is 0 Å². The first kappa shape index (κ1) is 21.5. The molecule has 3 aromatic heterocycles. The number of carbonyl (C=O) groups is 1. The van der Waals surface area contributed by atoms with E-state index in [1.807, 2.05) is 16.5 Å². The molecule has 9 nitrogen and oxygen atoms in total. The molecule has 0 bridgehead atoms. The highest BCUT2D eigenvalue weighted by molar-refractivity contribution is 7.13. The van der Waals surface area contributed by atoms with Crippen LogP contribution in [0.2, 0.25) is 0 Å². The van der Waals surface area contributed by atoms with Gasteiger partial charge in [-0.15, -0.1) is 11.3 Å². The fourth-order valence-corrected chi connectivity index (χ4v) is 6.07. The summed E-state index contributed by atoms with van der Waals surface area (Å²) < 4.78 is 0. The van der Waals surface area contributed by atoms with Gasteiger partial charge in [0.25, 0.3) is 0 Å². The molecule has 1 unspecified atom stereocenters. The van der Waals surface area contributed by atoms with Crippen LogP contribution in [0.25, 0.3) is 0 Å². The Balaban J connectivity index is 1.24. The van der Waals surface area contributed by atoms with Gasteiger partial charge in [-0.1, -0.05) is 19.3 Å². The van der Waals surface area contributed by atoms with E-state index in [9.17, 15) is 4.79 Å². The maximum absolute atomic E-state index is 13.0. The molecule has 4 heterocycles. The highest BCUT2D eigenvalue weighted by Gasteiger charge is 2.34. The lowest BCUT2D eigenvalue weighted by Gasteiger charge is -2.24. The number of hydrogen-bond donors (Lipinski definition) is 3. The van der Waals surface area contributed by atoms with Gasteiger partial charge in [-0.2, -0.15) is 4.98 Å². The minimum absolute atomic E-state index is 0.0470. The molecular formula is C24H30N8OS. The van der Waals surface area contributed by atoms with Crippen LogP contribution in [0.3, 0.4) is 0 Å². The highest BCUT2D eigenvalue weighted by Crippen LogP contribution is 2.34. The molecule has 10 heteroatoms. The second kappa shape index (κ2) is 9.32. The molecule has 0 spiro atoms. The molecule has 1 saturated carbocycles. The Morgan fingerprint density at radius 1 is 1.06 bits per heavy atom. The third-order valence-electron chi connectivity index (χ3n) is 7.27. The molecule has 3 N–H and O–H groups in total. The molecule has 0 radical (unpaired) electrons. The predicted octanol–water partition coefficient (Wildman–Crippen LogP) is 4.54. The van der Waals surface area contributed by atoms with Crippen molar-refractivity contribution in [1.29, 1.82) is 0 Å². The predicted molar refractivity (Wildman–Crippen MR) is 133 cm³/mol. The van der Waals surface area contributed by atoms with Crippen LogP contribution < -0.4 is 15.5 Å². The van der Waals surface area contributed by atoms with Crippen molar-refractivity contribution in [2.24, 2.45) is 0 Å². The lowest BCUT2D eigenvalue weighted by Crippen LogP contribution is -2.40. The zero-order valence-electron chi connectivity index (χ0n) is 19.2. The molecule has 34 heavy (non-hydrogen) atoms. The van der Waals surface area contributed by atoms with Crippen molar-refractivity contribution in [1.82, 2.24) is 24.9 Å². The van der Waals surface area contributed by atoms with E-state index in [0.29, 0.717) is 17.0 Å². The zero-order chi connectivity index (χ0) is 22.9. The minimum Gasteiger partial charge on any atom is -0.329 e. The van der Waals surface area contributed by atoms with Crippen LogP contribution in [-0.4, -0.2) is 43.4 Å². The lowest BCUT2D eigenvalue weighted by atomic mass is 9.87. The summed E-state index contributed by atoms with van der Waals surface area (Å²) in [5.74, 6) is 2.70. The second-order valence-electron chi connectivity index (χ2n) is 9.48. The van der Waals surface area contributed by atoms with E-state index in [4.69, 9.17) is 9.97 Å². The summed E-state index contributed by atoms with van der Waals surface area (Å²) in [6, 6.07) is -0.294. The molecule has 3 aliphatic rings. The van der Waals surface area contributed by atoms with Crippen LogP contribution >= 0.6 is 11.3 Å². The smallest absolute Gasteiger partial charge is 0.248 e. The Bertz CT molecular complexity index is 1150. The highest BCUT2D eigenvalue weighted by atomic mass is 32.1. The van der Waals surface area contributed by atoms with E-state index in [0.717, 1.165) is 56.1 Å². The number of aryl methyl sites for hydroxylation is 1. The van der Waals surface area contributed by atoms with E-state index in [1.165, 1.54) is 54.7 Å². The molecule has 0 aromatic carbocycles. The number of nitrogens with zero attached hydrogens (tertiary/aromatic N) is 5. The summed E-state index contributed by atoms with van der Waals surface area (Å²) in [5, 5.41) is 8.88. The SMILES string of the molecule is O=C(Nc1nccs1)C1CCCN1c1nc2c(c(Nc3ncc(C4CCCCC4)[nH]3)n1)CCC2. The van der Waals surface area contributed by atoms with Gasteiger partial charge in [0, 0.05) is 35.3 Å². The monoisotopic (exact) mass is 478 g/mol. The van der Waals surface area contributed by atoms with Gasteiger partial charge >= 0.3 is 0 Å². The molecular weight excluding hydrogens is 448 g/mol. The average Bonchev–Trinajstić information content (AvgIpc) is 3.67. The molecule has 2 fully saturated rings. The number of H-pyrrole nitrogens is 1. The van der Waals surface area contributed by atoms with Gasteiger partial charge < -0.3 is 20.5 Å². The van der Waals surface area contributed by atoms with Crippen LogP contribution in [0.4, 0.5) is 22.8 Å². The van der Waals surface area contributed by atoms with Gasteiger partial charge in [-0.25, -0.2) is 15.0 Å². The van der Waals surface area contributed by atoms with E-state index in [2.05, 4.69) is 25.6 Å². The first-order chi connectivity index (χ1) is 16.7. The van der Waals surface area contributed by atoms with Gasteiger partial charge in [0.1, 0.15) is 11.9 Å². The Labute approximate surface area is 202 Å². The van der Waals surface area contributed by atoms with Gasteiger partial charge in [0.15, 0.2) is 5.13 Å². The van der Waals surface area contributed by atoms with Crippen molar-refractivity contribution >= 4 is 40.1 Å². The third kappa shape index (κ3) is 4.26. The summed E-state index contributed by atoms with van der Waals surface area (Å²) in [6.07, 6.45) is 14.7. The fraction of sp³-hybridized carbons (Fsp3) is 0.542. The van der Waals surface area contributed by atoms with Crippen molar-refractivity contribution in [3.05, 3.63) is 34.7 Å². The van der Waals surface area contributed by atoms with Gasteiger partial charge in [-0.3, -0.25) is 4.79 Å². The summed E-state index contributed by atoms with van der Waals surface area (Å²) >= 11 is 1.43. The van der Waals surface area contributed by atoms with Gasteiger partial charge in [0.05, 0.1) is 11.9 Å². The molecule has 178 valence electrons. The minimum atomic E-state index is -0.294. The van der Waals surface area contributed by atoms with Gasteiger partial charge in [0.2, 0.25) is 17.8 Å². The quantitative estimate of drug-likeness (QED) is 0.477. The molecule has 1 atom stereocenters. The Kier molecular flexibility index (Phi) is 5.90. The fourth-order valence-electron chi connectivity index (χ4n) is 5.54. The number of imidazole rings is 1. The topological polar surface area (TPSA) is 112 Å². The lowest BCUT2D eigenvalue weighted by molar-refractivity contribution is -0.117. The van der Waals surface area contributed by atoms with Crippen molar-refractivity contribution in [3.63, 3.8) is 0 Å². The van der Waals surface area contributed by atoms with E-state index >= 15 is 0 Å². The van der Waals surface area contributed by atoms with E-state index in [1.54, 1.807) is 6.20 Å². The van der Waals surface area contributed by atoms with Crippen LogP contribution in [0.15, 0.2) is 17.8 Å². The Hall–Kier alpha value is -3.01. The van der Waals surface area contributed by atoms with Crippen molar-refractivity contribution in [3.8, 4) is 0 Å². The normalized spacial score (nSPS) is 20.5. The van der Waals surface area contributed by atoms with E-state index in [-0.39, 0.29) is 11.9 Å². The van der Waals surface area contributed by atoms with Crippen molar-refractivity contribution < 1.29 is 4.79 Å². The molecule has 1 saturated heterocycles. The van der Waals surface area contributed by atoms with Gasteiger partial charge in [-0.05, 0) is 44.9 Å². The van der Waals surface area contributed by atoms with Crippen molar-refractivity contribution in [2.75, 3.05) is 22.1 Å². The number of nitrogens with one attached hydrogen (secondary N) is 3. The zero-order valence-corrected chi connectivity index (χ0v) is 20.0. The number of hydrogen-bond acceptors (Lipinski definition) is 8. The Morgan fingerprint density at radius 2 is 1.97 bits per heavy atom. The standard InChI is InChI=1S/C24H30N8OS/c33-21(31-24-25-11-13-34-24)19-10-5-12-32(19)23-28-17-9-4-8-16(17)20(30-23)29-22-26-14-18(27-22)15-6-2-1-3-7-15/h11,13-15,19H,1-10,12H2,(H,25,31,33)(H2,26,27,28,29,30). The molecule has 3 aromatic rings. The maximum atomic E-state index is 13.0. The number of aromatic nitrogens is 5. The largest absolute Gasteiger partial charge is 0.329 e. The number of carbonyl (C=O) groups excluding carboxylic acids is 1. The summed E-state index contributed by atoms with van der Waals surface area (Å²) in [7, 11) is 0. The maximum Gasteiger partial charge on any atom is 0.248 e. The summed E-state index contributed by atoms with van der Waals surface area (Å²) in [5.41, 5.74) is 3.46. The number of aromatic amines is 1. The van der Waals surface area contributed by atoms with Crippen LogP contribution in [-0.2, 0) is 17.6 Å². The Morgan fingerprint density at radius 3 is 2.82 bits per heavy atom. The van der Waals surface area contributed by atoms with Crippen molar-refractivity contribution in [2.45, 2.75) is 76.2 Å². The number of thiazole rings is 1. The molecule has 1 aliphatic heterocycles. The molecule has 1 amide bonds. The second-order valence-corrected chi connectivity index (χ2v) is 10.4. The van der Waals surface area contributed by atoms with Crippen LogP contribution in [0.1, 0.15) is 74.2 Å². The summed E-state index contributed by atoms with van der Waals surface area (Å²) in [4.78, 5) is 37.1. The first-order valence-electron chi connectivity index (χ1n) is 12.4. The average molecular weight is 479 g/mol. The molecule has 6 rings (SSSR count). The van der Waals surface area contributed by atoms with E-state index < -0.39 is 0 Å². The number of rotatable bonds is 6. The van der Waals surface area contributed by atoms with Crippen LogP contribution in [0.5, 0.6) is 0 Å². The number of amides is 1.